The van der Waals surface area contributed by atoms with Crippen molar-refractivity contribution >= 4 is 0 Å². The fourth-order valence-electron chi connectivity index (χ4n) is 3.06. The van der Waals surface area contributed by atoms with Gasteiger partial charge in [-0.1, -0.05) is 55.4 Å². The summed E-state index contributed by atoms with van der Waals surface area (Å²) in [4.78, 5) is 0. The lowest BCUT2D eigenvalue weighted by Gasteiger charge is -2.24. The second kappa shape index (κ2) is 5.92. The fourth-order valence-corrected chi connectivity index (χ4v) is 3.06. The van der Waals surface area contributed by atoms with Gasteiger partial charge in [0.05, 0.1) is 0 Å². The summed E-state index contributed by atoms with van der Waals surface area (Å²) < 4.78 is 0. The van der Waals surface area contributed by atoms with Crippen LogP contribution in [0.4, 0.5) is 0 Å². The zero-order valence-electron chi connectivity index (χ0n) is 12.2. The molecule has 0 heterocycles. The monoisotopic (exact) mass is 212 g/mol. The van der Waals surface area contributed by atoms with E-state index in [1.807, 2.05) is 27.7 Å². The van der Waals surface area contributed by atoms with Gasteiger partial charge in [-0.05, 0) is 41.9 Å². The van der Waals surface area contributed by atoms with Gasteiger partial charge in [0.15, 0.2) is 0 Å². The molecule has 0 aromatic heterocycles. The first-order valence-electron chi connectivity index (χ1n) is 7.03. The van der Waals surface area contributed by atoms with E-state index in [4.69, 9.17) is 0 Å². The summed E-state index contributed by atoms with van der Waals surface area (Å²) in [6.45, 7) is 17.8. The highest BCUT2D eigenvalue weighted by Crippen LogP contribution is 2.66. The molecule has 0 nitrogen and oxygen atoms in total. The highest BCUT2D eigenvalue weighted by Gasteiger charge is 2.59. The third-order valence-electron chi connectivity index (χ3n) is 4.51. The van der Waals surface area contributed by atoms with Gasteiger partial charge in [-0.3, -0.25) is 0 Å². The maximum atomic E-state index is 2.45. The van der Waals surface area contributed by atoms with Crippen LogP contribution in [-0.4, -0.2) is 0 Å². The number of hydrogen-bond donors (Lipinski definition) is 0. The lowest BCUT2D eigenvalue weighted by Crippen LogP contribution is -2.14. The average Bonchev–Trinajstić information content (AvgIpc) is 2.76. The Bertz CT molecular complexity index is 151. The van der Waals surface area contributed by atoms with Crippen molar-refractivity contribution in [3.05, 3.63) is 0 Å². The normalized spacial score (nSPS) is 40.0. The highest BCUT2D eigenvalue weighted by molar-refractivity contribution is 5.08. The zero-order valence-corrected chi connectivity index (χ0v) is 12.2. The van der Waals surface area contributed by atoms with Crippen molar-refractivity contribution in [2.24, 2.45) is 29.1 Å². The number of rotatable bonds is 0. The summed E-state index contributed by atoms with van der Waals surface area (Å²) in [5.41, 5.74) is 0.707. The van der Waals surface area contributed by atoms with Crippen LogP contribution in [0.25, 0.3) is 0 Å². The van der Waals surface area contributed by atoms with Crippen molar-refractivity contribution in [1.82, 2.24) is 0 Å². The van der Waals surface area contributed by atoms with Crippen LogP contribution >= 0.6 is 0 Å². The van der Waals surface area contributed by atoms with Crippen LogP contribution in [0.15, 0.2) is 0 Å². The van der Waals surface area contributed by atoms with E-state index in [0.29, 0.717) is 5.41 Å². The van der Waals surface area contributed by atoms with Crippen LogP contribution in [0.2, 0.25) is 0 Å². The van der Waals surface area contributed by atoms with Gasteiger partial charge in [0.2, 0.25) is 0 Å². The highest BCUT2D eigenvalue weighted by atomic mass is 14.6. The Kier molecular flexibility index (Phi) is 5.92. The topological polar surface area (TPSA) is 0 Å². The van der Waals surface area contributed by atoms with E-state index < -0.39 is 0 Å². The number of fused-ring (bicyclic) bond motifs is 1. The Morgan fingerprint density at radius 3 is 1.27 bits per heavy atom. The molecule has 15 heavy (non-hydrogen) atoms. The molecule has 0 amide bonds. The standard InChI is InChI=1S/C11H20.2C2H6/c1-7-5-9-10(6-8(7)2)11(9,3)4;2*1-2/h7-10H,5-6H2,1-4H3;2*1-2H3/t7-,8?,9?,10?;;/m1../s1. The molecule has 3 unspecified atom stereocenters. The van der Waals surface area contributed by atoms with Gasteiger partial charge in [0, 0.05) is 0 Å². The van der Waals surface area contributed by atoms with Gasteiger partial charge in [-0.15, -0.1) is 0 Å². The van der Waals surface area contributed by atoms with Gasteiger partial charge in [-0.2, -0.15) is 0 Å². The predicted octanol–water partition coefficient (Wildman–Crippen LogP) is 5.38. The molecule has 2 aliphatic carbocycles. The molecule has 0 aromatic rings. The summed E-state index contributed by atoms with van der Waals surface area (Å²) in [5.74, 6) is 4.12. The van der Waals surface area contributed by atoms with E-state index in [0.717, 1.165) is 23.7 Å². The van der Waals surface area contributed by atoms with E-state index in [2.05, 4.69) is 27.7 Å². The number of hydrogen-bond acceptors (Lipinski definition) is 0. The third-order valence-corrected chi connectivity index (χ3v) is 4.51. The third kappa shape index (κ3) is 2.98. The Hall–Kier alpha value is 0. The summed E-state index contributed by atoms with van der Waals surface area (Å²) in [6.07, 6.45) is 3.00. The van der Waals surface area contributed by atoms with Crippen molar-refractivity contribution < 1.29 is 0 Å². The van der Waals surface area contributed by atoms with Gasteiger partial charge >= 0.3 is 0 Å². The van der Waals surface area contributed by atoms with Crippen molar-refractivity contribution in [3.8, 4) is 0 Å². The summed E-state index contributed by atoms with van der Waals surface area (Å²) >= 11 is 0. The van der Waals surface area contributed by atoms with E-state index >= 15 is 0 Å². The van der Waals surface area contributed by atoms with Crippen molar-refractivity contribution in [2.75, 3.05) is 0 Å². The van der Waals surface area contributed by atoms with E-state index in [1.54, 1.807) is 0 Å². The van der Waals surface area contributed by atoms with Gasteiger partial charge in [-0.25, -0.2) is 0 Å². The molecule has 4 atom stereocenters. The molecule has 2 saturated carbocycles. The van der Waals surface area contributed by atoms with Crippen molar-refractivity contribution in [2.45, 2.75) is 68.2 Å². The van der Waals surface area contributed by atoms with Gasteiger partial charge < -0.3 is 0 Å². The minimum absolute atomic E-state index is 0.707. The summed E-state index contributed by atoms with van der Waals surface area (Å²) in [5, 5.41) is 0. The van der Waals surface area contributed by atoms with Crippen molar-refractivity contribution in [3.63, 3.8) is 0 Å². The summed E-state index contributed by atoms with van der Waals surface area (Å²) in [6, 6.07) is 0. The minimum Gasteiger partial charge on any atom is -0.0683 e. The molecule has 2 fully saturated rings. The molecule has 2 aliphatic rings. The summed E-state index contributed by atoms with van der Waals surface area (Å²) in [7, 11) is 0. The molecule has 0 aromatic carbocycles. The molecule has 0 bridgehead atoms. The molecule has 0 radical (unpaired) electrons. The fraction of sp³-hybridized carbons (Fsp3) is 1.00. The predicted molar refractivity (Wildman–Crippen MR) is 71.0 cm³/mol. The first kappa shape index (κ1) is 15.0. The Morgan fingerprint density at radius 1 is 0.733 bits per heavy atom. The lowest BCUT2D eigenvalue weighted by atomic mass is 9.82. The molecule has 0 saturated heterocycles. The Labute approximate surface area is 97.8 Å². The van der Waals surface area contributed by atoms with Crippen LogP contribution in [0.1, 0.15) is 68.2 Å². The van der Waals surface area contributed by atoms with Gasteiger partial charge in [0.25, 0.3) is 0 Å². The maximum Gasteiger partial charge on any atom is -0.0292 e. The maximum absolute atomic E-state index is 2.45. The molecular weight excluding hydrogens is 180 g/mol. The molecule has 92 valence electrons. The quantitative estimate of drug-likeness (QED) is 0.506. The molecule has 0 N–H and O–H groups in total. The molecule has 0 heteroatoms. The Balaban J connectivity index is 0.000000442. The largest absolute Gasteiger partial charge is 0.0683 e. The second-order valence-corrected chi connectivity index (χ2v) is 5.46. The van der Waals surface area contributed by atoms with Gasteiger partial charge in [0.1, 0.15) is 0 Å². The first-order valence-corrected chi connectivity index (χ1v) is 7.03. The van der Waals surface area contributed by atoms with E-state index in [1.165, 1.54) is 12.8 Å². The SMILES string of the molecule is CC.CC.CC1CC2C(C[C@H]1C)C2(C)C. The molecule has 0 spiro atoms. The first-order chi connectivity index (χ1) is 7.03. The van der Waals surface area contributed by atoms with Crippen LogP contribution in [0, 0.1) is 29.1 Å². The minimum atomic E-state index is 0.707. The van der Waals surface area contributed by atoms with Crippen LogP contribution in [0.3, 0.4) is 0 Å². The lowest BCUT2D eigenvalue weighted by molar-refractivity contribution is 0.265. The second-order valence-electron chi connectivity index (χ2n) is 5.46. The average molecular weight is 212 g/mol. The zero-order chi connectivity index (χ0) is 12.2. The molecule has 2 rings (SSSR count). The van der Waals surface area contributed by atoms with Crippen LogP contribution in [0.5, 0.6) is 0 Å². The van der Waals surface area contributed by atoms with E-state index in [-0.39, 0.29) is 0 Å². The molecule has 0 aliphatic heterocycles. The van der Waals surface area contributed by atoms with Crippen LogP contribution < -0.4 is 0 Å². The molecular formula is C15H32. The van der Waals surface area contributed by atoms with Crippen molar-refractivity contribution in [1.29, 1.82) is 0 Å². The Morgan fingerprint density at radius 2 is 1.00 bits per heavy atom. The van der Waals surface area contributed by atoms with Crippen LogP contribution in [-0.2, 0) is 0 Å². The van der Waals surface area contributed by atoms with E-state index in [9.17, 15) is 0 Å². The smallest absolute Gasteiger partial charge is 0.0292 e.